The molecule has 4 aromatic rings. The average Bonchev–Trinajstić information content (AvgIpc) is 3.03. The summed E-state index contributed by atoms with van der Waals surface area (Å²) in [6, 6.07) is 13.5. The van der Waals surface area contributed by atoms with E-state index in [4.69, 9.17) is 4.74 Å². The van der Waals surface area contributed by atoms with Gasteiger partial charge in [-0.05, 0) is 42.0 Å². The van der Waals surface area contributed by atoms with Crippen molar-refractivity contribution >= 4 is 11.0 Å². The number of aromatic nitrogens is 3. The minimum absolute atomic E-state index is 0.239. The van der Waals surface area contributed by atoms with Gasteiger partial charge in [0.15, 0.2) is 5.65 Å². The van der Waals surface area contributed by atoms with Crippen molar-refractivity contribution in [3.63, 3.8) is 0 Å². The van der Waals surface area contributed by atoms with E-state index in [2.05, 4.69) is 9.97 Å². The Kier molecular flexibility index (Phi) is 3.57. The first kappa shape index (κ1) is 15.1. The number of aromatic amines is 1. The number of halogens is 1. The molecule has 2 heterocycles. The molecule has 0 radical (unpaired) electrons. The Bertz CT molecular complexity index is 1100. The lowest BCUT2D eigenvalue weighted by Crippen LogP contribution is -2.07. The molecule has 124 valence electrons. The summed E-state index contributed by atoms with van der Waals surface area (Å²) in [4.78, 5) is 19.3. The summed E-state index contributed by atoms with van der Waals surface area (Å²) in [6.07, 6.45) is 3.21. The van der Waals surface area contributed by atoms with Crippen molar-refractivity contribution in [2.45, 2.75) is 0 Å². The third-order valence-electron chi connectivity index (χ3n) is 4.09. The molecule has 6 heteroatoms. The van der Waals surface area contributed by atoms with Crippen LogP contribution in [0.2, 0.25) is 0 Å². The van der Waals surface area contributed by atoms with Gasteiger partial charge in [-0.2, -0.15) is 0 Å². The number of methoxy groups -OCH3 is 1. The van der Waals surface area contributed by atoms with Gasteiger partial charge in [-0.15, -0.1) is 0 Å². The van der Waals surface area contributed by atoms with Gasteiger partial charge < -0.3 is 14.3 Å². The van der Waals surface area contributed by atoms with Gasteiger partial charge in [0.1, 0.15) is 11.6 Å². The molecule has 2 aromatic heterocycles. The molecule has 0 aliphatic carbocycles. The zero-order valence-electron chi connectivity index (χ0n) is 13.4. The van der Waals surface area contributed by atoms with Crippen LogP contribution in [0.15, 0.2) is 65.8 Å². The fraction of sp³-hybridized carbons (Fsp3) is 0.0526. The predicted octanol–water partition coefficient (Wildman–Crippen LogP) is 3.53. The SMILES string of the molecule is COc1ccc(-n2cc(-c3ccc(F)cc3)c3c(=O)[nH]cnc32)cc1. The summed E-state index contributed by atoms with van der Waals surface area (Å²) in [7, 11) is 1.60. The molecule has 2 aromatic carbocycles. The fourth-order valence-corrected chi connectivity index (χ4v) is 2.86. The van der Waals surface area contributed by atoms with Crippen molar-refractivity contribution < 1.29 is 9.13 Å². The van der Waals surface area contributed by atoms with E-state index in [1.165, 1.54) is 18.5 Å². The highest BCUT2D eigenvalue weighted by Crippen LogP contribution is 2.30. The van der Waals surface area contributed by atoms with Gasteiger partial charge in [-0.3, -0.25) is 4.79 Å². The van der Waals surface area contributed by atoms with Gasteiger partial charge in [0, 0.05) is 17.4 Å². The number of hydrogen-bond donors (Lipinski definition) is 1. The summed E-state index contributed by atoms with van der Waals surface area (Å²) in [5.74, 6) is 0.416. The van der Waals surface area contributed by atoms with Gasteiger partial charge in [0.2, 0.25) is 0 Å². The lowest BCUT2D eigenvalue weighted by atomic mass is 10.1. The van der Waals surface area contributed by atoms with Crippen LogP contribution in [-0.4, -0.2) is 21.6 Å². The van der Waals surface area contributed by atoms with Crippen LogP contribution < -0.4 is 10.3 Å². The number of nitrogens with zero attached hydrogens (tertiary/aromatic N) is 2. The summed E-state index contributed by atoms with van der Waals surface area (Å²) in [6.45, 7) is 0. The Morgan fingerprint density at radius 3 is 2.48 bits per heavy atom. The molecule has 0 spiro atoms. The van der Waals surface area contributed by atoms with E-state index in [-0.39, 0.29) is 11.4 Å². The molecule has 5 nitrogen and oxygen atoms in total. The van der Waals surface area contributed by atoms with Crippen LogP contribution in [-0.2, 0) is 0 Å². The maximum atomic E-state index is 13.2. The van der Waals surface area contributed by atoms with E-state index < -0.39 is 0 Å². The van der Waals surface area contributed by atoms with Gasteiger partial charge in [0.05, 0.1) is 18.8 Å². The lowest BCUT2D eigenvalue weighted by molar-refractivity contribution is 0.415. The van der Waals surface area contributed by atoms with Gasteiger partial charge in [-0.25, -0.2) is 9.37 Å². The third-order valence-corrected chi connectivity index (χ3v) is 4.09. The van der Waals surface area contributed by atoms with Crippen LogP contribution in [0.1, 0.15) is 0 Å². The number of rotatable bonds is 3. The zero-order chi connectivity index (χ0) is 17.4. The van der Waals surface area contributed by atoms with Crippen molar-refractivity contribution in [1.82, 2.24) is 14.5 Å². The standard InChI is InChI=1S/C19H14FN3O2/c1-25-15-8-6-14(7-9-15)23-10-16(12-2-4-13(20)5-3-12)17-18(23)21-11-22-19(17)24/h2-11H,1H3,(H,21,22,24). The number of fused-ring (bicyclic) bond motifs is 1. The highest BCUT2D eigenvalue weighted by atomic mass is 19.1. The van der Waals surface area contributed by atoms with E-state index in [1.54, 1.807) is 19.2 Å². The molecule has 0 saturated carbocycles. The van der Waals surface area contributed by atoms with E-state index in [9.17, 15) is 9.18 Å². The Labute approximate surface area is 142 Å². The Morgan fingerprint density at radius 2 is 1.80 bits per heavy atom. The van der Waals surface area contributed by atoms with E-state index in [1.807, 2.05) is 35.0 Å². The number of H-pyrrole nitrogens is 1. The average molecular weight is 335 g/mol. The van der Waals surface area contributed by atoms with Crippen molar-refractivity contribution in [3.05, 3.63) is 77.2 Å². The highest BCUT2D eigenvalue weighted by Gasteiger charge is 2.15. The van der Waals surface area contributed by atoms with E-state index >= 15 is 0 Å². The maximum absolute atomic E-state index is 13.2. The second-order valence-corrected chi connectivity index (χ2v) is 5.55. The third kappa shape index (κ3) is 2.57. The Balaban J connectivity index is 1.98. The molecule has 0 atom stereocenters. The smallest absolute Gasteiger partial charge is 0.260 e. The van der Waals surface area contributed by atoms with Crippen molar-refractivity contribution in [3.8, 4) is 22.6 Å². The van der Waals surface area contributed by atoms with E-state index in [0.29, 0.717) is 16.6 Å². The van der Waals surface area contributed by atoms with Crippen LogP contribution in [0.4, 0.5) is 4.39 Å². The minimum Gasteiger partial charge on any atom is -0.497 e. The monoisotopic (exact) mass is 335 g/mol. The molecule has 0 bridgehead atoms. The maximum Gasteiger partial charge on any atom is 0.260 e. The van der Waals surface area contributed by atoms with Gasteiger partial charge >= 0.3 is 0 Å². The number of hydrogen-bond acceptors (Lipinski definition) is 3. The highest BCUT2D eigenvalue weighted by molar-refractivity contribution is 5.94. The van der Waals surface area contributed by atoms with Crippen molar-refractivity contribution in [2.24, 2.45) is 0 Å². The minimum atomic E-state index is -0.324. The summed E-state index contributed by atoms with van der Waals surface area (Å²) < 4.78 is 20.3. The van der Waals surface area contributed by atoms with Crippen LogP contribution in [0, 0.1) is 5.82 Å². The summed E-state index contributed by atoms with van der Waals surface area (Å²) in [5.41, 5.74) is 2.58. The zero-order valence-corrected chi connectivity index (χ0v) is 13.4. The predicted molar refractivity (Wildman–Crippen MR) is 93.6 cm³/mol. The summed E-state index contributed by atoms with van der Waals surface area (Å²) in [5, 5.41) is 0.463. The molecule has 0 aliphatic heterocycles. The molecular weight excluding hydrogens is 321 g/mol. The molecule has 0 aliphatic rings. The Morgan fingerprint density at radius 1 is 1.08 bits per heavy atom. The van der Waals surface area contributed by atoms with Crippen LogP contribution in [0.3, 0.4) is 0 Å². The molecule has 0 saturated heterocycles. The first-order chi connectivity index (χ1) is 12.2. The van der Waals surface area contributed by atoms with Crippen molar-refractivity contribution in [2.75, 3.05) is 7.11 Å². The number of nitrogens with one attached hydrogen (secondary N) is 1. The first-order valence-electron chi connectivity index (χ1n) is 7.66. The van der Waals surface area contributed by atoms with E-state index in [0.717, 1.165) is 17.0 Å². The van der Waals surface area contributed by atoms with Gasteiger partial charge in [0.25, 0.3) is 5.56 Å². The first-order valence-corrected chi connectivity index (χ1v) is 7.66. The van der Waals surface area contributed by atoms with Crippen LogP contribution in [0.25, 0.3) is 27.8 Å². The molecular formula is C19H14FN3O2. The molecule has 0 fully saturated rings. The van der Waals surface area contributed by atoms with Crippen LogP contribution in [0.5, 0.6) is 5.75 Å². The molecule has 1 N–H and O–H groups in total. The normalized spacial score (nSPS) is 11.0. The fourth-order valence-electron chi connectivity index (χ4n) is 2.86. The Hall–Kier alpha value is -3.41. The quantitative estimate of drug-likeness (QED) is 0.623. The van der Waals surface area contributed by atoms with Crippen LogP contribution >= 0.6 is 0 Å². The number of benzene rings is 2. The summed E-state index contributed by atoms with van der Waals surface area (Å²) >= 11 is 0. The molecule has 0 amide bonds. The largest absolute Gasteiger partial charge is 0.497 e. The topological polar surface area (TPSA) is 59.9 Å². The lowest BCUT2D eigenvalue weighted by Gasteiger charge is -2.05. The molecule has 0 unspecified atom stereocenters. The van der Waals surface area contributed by atoms with Crippen molar-refractivity contribution in [1.29, 1.82) is 0 Å². The molecule has 25 heavy (non-hydrogen) atoms. The van der Waals surface area contributed by atoms with Gasteiger partial charge in [-0.1, -0.05) is 12.1 Å². The number of ether oxygens (including phenoxy) is 1. The second-order valence-electron chi connectivity index (χ2n) is 5.55. The second kappa shape index (κ2) is 5.90. The molecule has 4 rings (SSSR count).